The molecule has 2 amide bonds. The maximum absolute atomic E-state index is 13.7. The maximum Gasteiger partial charge on any atom is 0.254 e. The van der Waals surface area contributed by atoms with Crippen molar-refractivity contribution < 1.29 is 18.7 Å². The highest BCUT2D eigenvalue weighted by atomic mass is 35.5. The summed E-state index contributed by atoms with van der Waals surface area (Å²) in [5.74, 6) is -0.307. The molecule has 0 saturated heterocycles. The number of thiophene rings is 1. The first-order valence-corrected chi connectivity index (χ1v) is 12.5. The zero-order valence-corrected chi connectivity index (χ0v) is 20.4. The van der Waals surface area contributed by atoms with Crippen molar-refractivity contribution in [3.05, 3.63) is 86.8 Å². The first-order valence-electron chi connectivity index (χ1n) is 11.2. The largest absolute Gasteiger partial charge is 0.491 e. The average Bonchev–Trinajstić information content (AvgIpc) is 3.32. The Labute approximate surface area is 207 Å². The quantitative estimate of drug-likeness (QED) is 0.404. The first-order chi connectivity index (χ1) is 16.5. The van der Waals surface area contributed by atoms with E-state index >= 15 is 0 Å². The minimum absolute atomic E-state index is 0.0693. The van der Waals surface area contributed by atoms with Crippen molar-refractivity contribution >= 4 is 34.8 Å². The Bertz CT molecular complexity index is 1150. The average molecular weight is 501 g/mol. The number of benzene rings is 2. The lowest BCUT2D eigenvalue weighted by molar-refractivity contribution is -0.135. The van der Waals surface area contributed by atoms with E-state index in [0.717, 1.165) is 12.0 Å². The molecule has 178 valence electrons. The Balaban J connectivity index is 1.51. The molecule has 1 aliphatic rings. The molecule has 3 aromatic rings. The van der Waals surface area contributed by atoms with Gasteiger partial charge in [-0.2, -0.15) is 0 Å². The van der Waals surface area contributed by atoms with Gasteiger partial charge in [-0.15, -0.1) is 11.3 Å². The fraction of sp³-hybridized carbons (Fsp3) is 0.308. The van der Waals surface area contributed by atoms with Crippen molar-refractivity contribution in [1.29, 1.82) is 0 Å². The van der Waals surface area contributed by atoms with Crippen LogP contribution < -0.4 is 4.74 Å². The van der Waals surface area contributed by atoms with Crippen LogP contribution in [0.1, 0.15) is 40.2 Å². The molecule has 0 bridgehead atoms. The molecule has 2 aromatic carbocycles. The molecule has 8 heteroatoms. The van der Waals surface area contributed by atoms with Crippen LogP contribution in [0.2, 0.25) is 5.02 Å². The predicted molar refractivity (Wildman–Crippen MR) is 132 cm³/mol. The van der Waals surface area contributed by atoms with Gasteiger partial charge in [-0.25, -0.2) is 4.39 Å². The second-order valence-electron chi connectivity index (χ2n) is 8.15. The number of hydrogen-bond acceptors (Lipinski definition) is 4. The monoisotopic (exact) mass is 500 g/mol. The van der Waals surface area contributed by atoms with Crippen LogP contribution in [0.25, 0.3) is 0 Å². The van der Waals surface area contributed by atoms with Crippen LogP contribution in [0, 0.1) is 5.82 Å². The molecule has 0 radical (unpaired) electrons. The number of amides is 2. The SMILES string of the molecule is CCCN(CC(=O)N1CCc2sccc2[C@@H]1COc1ccc(Cl)cc1)C(=O)c1cccc(F)c1. The van der Waals surface area contributed by atoms with Gasteiger partial charge >= 0.3 is 0 Å². The van der Waals surface area contributed by atoms with Crippen LogP contribution in [0.5, 0.6) is 5.75 Å². The summed E-state index contributed by atoms with van der Waals surface area (Å²) in [7, 11) is 0. The molecule has 1 aromatic heterocycles. The molecule has 0 fully saturated rings. The van der Waals surface area contributed by atoms with Gasteiger partial charge in [0.15, 0.2) is 0 Å². The molecule has 34 heavy (non-hydrogen) atoms. The van der Waals surface area contributed by atoms with Gasteiger partial charge in [-0.3, -0.25) is 9.59 Å². The van der Waals surface area contributed by atoms with Crippen molar-refractivity contribution in [3.63, 3.8) is 0 Å². The zero-order valence-electron chi connectivity index (χ0n) is 18.9. The number of ether oxygens (including phenoxy) is 1. The molecular weight excluding hydrogens is 475 g/mol. The van der Waals surface area contributed by atoms with E-state index in [2.05, 4.69) is 0 Å². The van der Waals surface area contributed by atoms with Gasteiger partial charge in [0.2, 0.25) is 5.91 Å². The number of carbonyl (C=O) groups is 2. The molecule has 4 rings (SSSR count). The van der Waals surface area contributed by atoms with Crippen LogP contribution in [-0.2, 0) is 11.2 Å². The van der Waals surface area contributed by atoms with E-state index < -0.39 is 5.82 Å². The highest BCUT2D eigenvalue weighted by molar-refractivity contribution is 7.10. The van der Waals surface area contributed by atoms with Gasteiger partial charge < -0.3 is 14.5 Å². The second-order valence-corrected chi connectivity index (χ2v) is 9.59. The summed E-state index contributed by atoms with van der Waals surface area (Å²) in [5.41, 5.74) is 1.32. The summed E-state index contributed by atoms with van der Waals surface area (Å²) in [6.45, 7) is 3.13. The first kappa shape index (κ1) is 24.2. The highest BCUT2D eigenvalue weighted by Gasteiger charge is 2.33. The third-order valence-corrected chi connectivity index (χ3v) is 7.06. The van der Waals surface area contributed by atoms with E-state index in [1.165, 1.54) is 28.0 Å². The van der Waals surface area contributed by atoms with Gasteiger partial charge in [0.25, 0.3) is 5.91 Å². The smallest absolute Gasteiger partial charge is 0.254 e. The Morgan fingerprint density at radius 3 is 2.74 bits per heavy atom. The lowest BCUT2D eigenvalue weighted by Crippen LogP contribution is -2.48. The molecule has 2 heterocycles. The van der Waals surface area contributed by atoms with E-state index in [1.54, 1.807) is 46.6 Å². The van der Waals surface area contributed by atoms with Crippen LogP contribution in [0.3, 0.4) is 0 Å². The third kappa shape index (κ3) is 5.59. The van der Waals surface area contributed by atoms with Crippen molar-refractivity contribution in [2.75, 3.05) is 26.2 Å². The zero-order chi connectivity index (χ0) is 24.1. The molecule has 1 atom stereocenters. The molecule has 5 nitrogen and oxygen atoms in total. The highest BCUT2D eigenvalue weighted by Crippen LogP contribution is 2.34. The number of halogens is 2. The fourth-order valence-electron chi connectivity index (χ4n) is 4.16. The van der Waals surface area contributed by atoms with Gasteiger partial charge in [-0.1, -0.05) is 24.6 Å². The van der Waals surface area contributed by atoms with Crippen molar-refractivity contribution in [2.24, 2.45) is 0 Å². The summed E-state index contributed by atoms with van der Waals surface area (Å²) in [4.78, 5) is 31.1. The molecular formula is C26H26ClFN2O3S. The van der Waals surface area contributed by atoms with Crippen LogP contribution in [0.4, 0.5) is 4.39 Å². The summed E-state index contributed by atoms with van der Waals surface area (Å²) in [6, 6.07) is 14.5. The Kier molecular flexibility index (Phi) is 7.85. The summed E-state index contributed by atoms with van der Waals surface area (Å²) < 4.78 is 19.7. The Morgan fingerprint density at radius 1 is 1.21 bits per heavy atom. The van der Waals surface area contributed by atoms with Gasteiger partial charge in [0.05, 0.1) is 6.04 Å². The van der Waals surface area contributed by atoms with Gasteiger partial charge in [0, 0.05) is 28.6 Å². The molecule has 0 N–H and O–H groups in total. The number of hydrogen-bond donors (Lipinski definition) is 0. The summed E-state index contributed by atoms with van der Waals surface area (Å²) in [5, 5.41) is 2.66. The van der Waals surface area contributed by atoms with E-state index in [0.29, 0.717) is 36.9 Å². The summed E-state index contributed by atoms with van der Waals surface area (Å²) in [6.07, 6.45) is 1.45. The number of carbonyl (C=O) groups excluding carboxylic acids is 2. The van der Waals surface area contributed by atoms with E-state index in [9.17, 15) is 14.0 Å². The predicted octanol–water partition coefficient (Wildman–Crippen LogP) is 5.60. The van der Waals surface area contributed by atoms with E-state index in [1.807, 2.05) is 18.4 Å². The van der Waals surface area contributed by atoms with E-state index in [4.69, 9.17) is 16.3 Å². The fourth-order valence-corrected chi connectivity index (χ4v) is 5.22. The minimum Gasteiger partial charge on any atom is -0.491 e. The van der Waals surface area contributed by atoms with E-state index in [-0.39, 0.29) is 30.0 Å². The lowest BCUT2D eigenvalue weighted by Gasteiger charge is -2.37. The third-order valence-electron chi connectivity index (χ3n) is 5.82. The topological polar surface area (TPSA) is 49.9 Å². The molecule has 0 saturated carbocycles. The molecule has 0 aliphatic carbocycles. The van der Waals surface area contributed by atoms with Gasteiger partial charge in [0.1, 0.15) is 24.7 Å². The summed E-state index contributed by atoms with van der Waals surface area (Å²) >= 11 is 7.65. The molecule has 0 spiro atoms. The molecule has 0 unspecified atom stereocenters. The Morgan fingerprint density at radius 2 is 2.00 bits per heavy atom. The van der Waals surface area contributed by atoms with Crippen LogP contribution in [-0.4, -0.2) is 47.9 Å². The van der Waals surface area contributed by atoms with Crippen molar-refractivity contribution in [1.82, 2.24) is 9.80 Å². The number of rotatable bonds is 8. The number of fused-ring (bicyclic) bond motifs is 1. The second kappa shape index (κ2) is 11.0. The standard InChI is InChI=1S/C26H26ClFN2O3S/c1-2-12-29(26(32)18-4-3-5-20(28)15-18)16-25(31)30-13-10-24-22(11-14-34-24)23(30)17-33-21-8-6-19(27)7-9-21/h3-9,11,14-15,23H,2,10,12-13,16-17H2,1H3/t23-/m0/s1. The van der Waals surface area contributed by atoms with Crippen LogP contribution >= 0.6 is 22.9 Å². The minimum atomic E-state index is -0.478. The van der Waals surface area contributed by atoms with Crippen molar-refractivity contribution in [3.8, 4) is 5.75 Å². The molecule has 1 aliphatic heterocycles. The number of nitrogens with zero attached hydrogens (tertiary/aromatic N) is 2. The Hall–Kier alpha value is -2.90. The van der Waals surface area contributed by atoms with Gasteiger partial charge in [-0.05, 0) is 72.3 Å². The lowest BCUT2D eigenvalue weighted by atomic mass is 10.0. The van der Waals surface area contributed by atoms with Crippen molar-refractivity contribution in [2.45, 2.75) is 25.8 Å². The normalized spacial score (nSPS) is 15.0. The van der Waals surface area contributed by atoms with Crippen LogP contribution in [0.15, 0.2) is 60.0 Å². The maximum atomic E-state index is 13.7.